The van der Waals surface area contributed by atoms with Crippen LogP contribution in [0, 0.1) is 10.1 Å². The molecule has 2 aromatic rings. The summed E-state index contributed by atoms with van der Waals surface area (Å²) in [6.07, 6.45) is 0. The smallest absolute Gasteiger partial charge is 0.433 e. The Morgan fingerprint density at radius 1 is 1.29 bits per heavy atom. The van der Waals surface area contributed by atoms with Gasteiger partial charge in [0.25, 0.3) is 0 Å². The molecular formula is C11H10N2O4. The van der Waals surface area contributed by atoms with Crippen molar-refractivity contribution in [2.75, 3.05) is 5.32 Å². The number of nitrogens with one attached hydrogen (secondary N) is 1. The molecule has 2 rings (SSSR count). The lowest BCUT2D eigenvalue weighted by Gasteiger charge is -2.05. The number of furan rings is 1. The molecular weight excluding hydrogens is 224 g/mol. The summed E-state index contributed by atoms with van der Waals surface area (Å²) in [5.74, 6) is 0.257. The van der Waals surface area contributed by atoms with E-state index in [9.17, 15) is 15.2 Å². The van der Waals surface area contributed by atoms with Gasteiger partial charge in [0.05, 0.1) is 18.3 Å². The summed E-state index contributed by atoms with van der Waals surface area (Å²) in [6, 6.07) is 9.54. The molecule has 0 bridgehead atoms. The molecule has 88 valence electrons. The maximum Gasteiger partial charge on any atom is 0.433 e. The molecule has 1 aromatic carbocycles. The molecule has 0 unspecified atom stereocenters. The highest BCUT2D eigenvalue weighted by Crippen LogP contribution is 2.23. The van der Waals surface area contributed by atoms with Gasteiger partial charge in [0.2, 0.25) is 0 Å². The molecule has 17 heavy (non-hydrogen) atoms. The second-order valence-corrected chi connectivity index (χ2v) is 3.37. The van der Waals surface area contributed by atoms with E-state index in [0.29, 0.717) is 11.4 Å². The Bertz CT molecular complexity index is 536. The maximum atomic E-state index is 10.4. The van der Waals surface area contributed by atoms with Gasteiger partial charge >= 0.3 is 5.88 Å². The van der Waals surface area contributed by atoms with Crippen molar-refractivity contribution < 1.29 is 14.4 Å². The number of phenols is 1. The summed E-state index contributed by atoms with van der Waals surface area (Å²) in [4.78, 5) is 9.80. The van der Waals surface area contributed by atoms with Crippen LogP contribution in [0.2, 0.25) is 0 Å². The van der Waals surface area contributed by atoms with Crippen LogP contribution in [0.5, 0.6) is 5.75 Å². The average Bonchev–Trinajstić information content (AvgIpc) is 2.77. The van der Waals surface area contributed by atoms with Gasteiger partial charge in [-0.05, 0) is 18.2 Å². The van der Waals surface area contributed by atoms with Crippen LogP contribution in [0.3, 0.4) is 0 Å². The third-order valence-corrected chi connectivity index (χ3v) is 2.18. The highest BCUT2D eigenvalue weighted by Gasteiger charge is 2.11. The van der Waals surface area contributed by atoms with Crippen LogP contribution in [0.4, 0.5) is 11.6 Å². The third-order valence-electron chi connectivity index (χ3n) is 2.18. The Morgan fingerprint density at radius 3 is 2.71 bits per heavy atom. The minimum absolute atomic E-state index is 0.119. The zero-order valence-corrected chi connectivity index (χ0v) is 8.79. The number of hydrogen-bond acceptors (Lipinski definition) is 5. The van der Waals surface area contributed by atoms with Crippen molar-refractivity contribution in [1.82, 2.24) is 0 Å². The molecule has 0 amide bonds. The molecule has 6 nitrogen and oxygen atoms in total. The Balaban J connectivity index is 2.02. The van der Waals surface area contributed by atoms with Crippen molar-refractivity contribution in [3.63, 3.8) is 0 Å². The van der Waals surface area contributed by atoms with Gasteiger partial charge in [-0.3, -0.25) is 10.1 Å². The van der Waals surface area contributed by atoms with Crippen molar-refractivity contribution in [3.8, 4) is 5.75 Å². The first kappa shape index (κ1) is 11.0. The molecule has 6 heteroatoms. The maximum absolute atomic E-state index is 10.4. The summed E-state index contributed by atoms with van der Waals surface area (Å²) >= 11 is 0. The highest BCUT2D eigenvalue weighted by molar-refractivity contribution is 5.55. The molecule has 0 spiro atoms. The lowest BCUT2D eigenvalue weighted by Crippen LogP contribution is -1.98. The summed E-state index contributed by atoms with van der Waals surface area (Å²) in [6.45, 7) is 0.269. The first-order valence-corrected chi connectivity index (χ1v) is 4.92. The van der Waals surface area contributed by atoms with E-state index in [1.54, 1.807) is 24.3 Å². The van der Waals surface area contributed by atoms with Gasteiger partial charge in [0, 0.05) is 0 Å². The number of nitro groups is 1. The van der Waals surface area contributed by atoms with E-state index in [0.717, 1.165) is 0 Å². The number of aromatic hydroxyl groups is 1. The predicted molar refractivity (Wildman–Crippen MR) is 60.8 cm³/mol. The van der Waals surface area contributed by atoms with Crippen LogP contribution >= 0.6 is 0 Å². The highest BCUT2D eigenvalue weighted by atomic mass is 16.6. The van der Waals surface area contributed by atoms with E-state index < -0.39 is 4.92 Å². The summed E-state index contributed by atoms with van der Waals surface area (Å²) in [5, 5.41) is 22.8. The van der Waals surface area contributed by atoms with E-state index in [-0.39, 0.29) is 18.2 Å². The zero-order chi connectivity index (χ0) is 12.3. The van der Waals surface area contributed by atoms with Crippen LogP contribution in [-0.2, 0) is 6.54 Å². The summed E-state index contributed by atoms with van der Waals surface area (Å²) in [5.41, 5.74) is 0.548. The van der Waals surface area contributed by atoms with E-state index in [2.05, 4.69) is 5.32 Å². The molecule has 0 radical (unpaired) electrons. The van der Waals surface area contributed by atoms with Gasteiger partial charge in [-0.25, -0.2) is 0 Å². The second kappa shape index (κ2) is 4.56. The van der Waals surface area contributed by atoms with Crippen molar-refractivity contribution in [1.29, 1.82) is 0 Å². The zero-order valence-electron chi connectivity index (χ0n) is 8.79. The number of para-hydroxylation sites is 2. The van der Waals surface area contributed by atoms with Gasteiger partial charge < -0.3 is 14.8 Å². The van der Waals surface area contributed by atoms with Crippen LogP contribution in [0.15, 0.2) is 40.8 Å². The Morgan fingerprint density at radius 2 is 2.06 bits per heavy atom. The van der Waals surface area contributed by atoms with Crippen molar-refractivity contribution in [2.45, 2.75) is 6.54 Å². The number of hydrogen-bond donors (Lipinski definition) is 2. The lowest BCUT2D eigenvalue weighted by atomic mass is 10.3. The number of anilines is 1. The van der Waals surface area contributed by atoms with Crippen LogP contribution in [0.1, 0.15) is 5.76 Å². The van der Waals surface area contributed by atoms with Gasteiger partial charge in [0.1, 0.15) is 16.4 Å². The van der Waals surface area contributed by atoms with Crippen LogP contribution < -0.4 is 5.32 Å². The standard InChI is InChI=1S/C11H10N2O4/c14-10-4-2-1-3-9(10)12-7-8-5-6-11(17-8)13(15)16/h1-6,12,14H,7H2. The van der Waals surface area contributed by atoms with Crippen molar-refractivity contribution in [2.24, 2.45) is 0 Å². The quantitative estimate of drug-likeness (QED) is 0.482. The summed E-state index contributed by atoms with van der Waals surface area (Å²) < 4.78 is 4.96. The van der Waals surface area contributed by atoms with Gasteiger partial charge in [-0.1, -0.05) is 12.1 Å². The Hall–Kier alpha value is -2.50. The van der Waals surface area contributed by atoms with E-state index >= 15 is 0 Å². The molecule has 0 saturated carbocycles. The van der Waals surface area contributed by atoms with E-state index in [1.807, 2.05) is 0 Å². The van der Waals surface area contributed by atoms with Crippen molar-refractivity contribution in [3.05, 3.63) is 52.3 Å². The molecule has 0 fully saturated rings. The Labute approximate surface area is 96.6 Å². The fourth-order valence-corrected chi connectivity index (χ4v) is 1.37. The summed E-state index contributed by atoms with van der Waals surface area (Å²) in [7, 11) is 0. The largest absolute Gasteiger partial charge is 0.506 e. The number of phenolic OH excluding ortho intramolecular Hbond substituents is 1. The van der Waals surface area contributed by atoms with Crippen LogP contribution in [-0.4, -0.2) is 10.0 Å². The number of nitrogens with zero attached hydrogens (tertiary/aromatic N) is 1. The molecule has 2 N–H and O–H groups in total. The molecule has 1 heterocycles. The minimum Gasteiger partial charge on any atom is -0.506 e. The number of rotatable bonds is 4. The topological polar surface area (TPSA) is 88.5 Å². The molecule has 1 aromatic heterocycles. The molecule has 0 aliphatic heterocycles. The Kier molecular flexibility index (Phi) is 2.95. The molecule has 0 aliphatic rings. The number of benzene rings is 1. The minimum atomic E-state index is -0.594. The van der Waals surface area contributed by atoms with Gasteiger partial charge in [-0.2, -0.15) is 0 Å². The van der Waals surface area contributed by atoms with Crippen molar-refractivity contribution >= 4 is 11.6 Å². The van der Waals surface area contributed by atoms with E-state index in [1.165, 1.54) is 12.1 Å². The van der Waals surface area contributed by atoms with Crippen LogP contribution in [0.25, 0.3) is 0 Å². The monoisotopic (exact) mass is 234 g/mol. The fourth-order valence-electron chi connectivity index (χ4n) is 1.37. The lowest BCUT2D eigenvalue weighted by molar-refractivity contribution is -0.402. The predicted octanol–water partition coefficient (Wildman–Crippen LogP) is 2.51. The molecule has 0 aliphatic carbocycles. The second-order valence-electron chi connectivity index (χ2n) is 3.37. The fraction of sp³-hybridized carbons (Fsp3) is 0.0909. The first-order valence-electron chi connectivity index (χ1n) is 4.92. The van der Waals surface area contributed by atoms with Gasteiger partial charge in [-0.15, -0.1) is 0 Å². The molecule has 0 saturated heterocycles. The normalized spacial score (nSPS) is 10.1. The SMILES string of the molecule is O=[N+]([O-])c1ccc(CNc2ccccc2O)o1. The van der Waals surface area contributed by atoms with E-state index in [4.69, 9.17) is 4.42 Å². The molecule has 0 atom stereocenters. The first-order chi connectivity index (χ1) is 8.16. The third kappa shape index (κ3) is 2.54. The average molecular weight is 234 g/mol. The van der Waals surface area contributed by atoms with Gasteiger partial charge in [0.15, 0.2) is 0 Å².